The predicted octanol–water partition coefficient (Wildman–Crippen LogP) is 3.86. The average molecular weight is 229 g/mol. The van der Waals surface area contributed by atoms with Gasteiger partial charge in [0.05, 0.1) is 0 Å². The number of nitrogens with zero attached hydrogens (tertiary/aromatic N) is 1. The number of hydrogen-bond acceptors (Lipinski definition) is 1. The van der Waals surface area contributed by atoms with Crippen LogP contribution in [0.4, 0.5) is 0 Å². The van der Waals surface area contributed by atoms with Gasteiger partial charge < -0.3 is 0 Å². The molecule has 1 aliphatic rings. The predicted molar refractivity (Wildman–Crippen MR) is 73.9 cm³/mol. The van der Waals surface area contributed by atoms with Crippen molar-refractivity contribution in [3.05, 3.63) is 48.6 Å². The van der Waals surface area contributed by atoms with Gasteiger partial charge in [0, 0.05) is 6.54 Å². The molecule has 92 valence electrons. The number of hydrogen-bond donors (Lipinski definition) is 0. The fraction of sp³-hybridized carbons (Fsp3) is 0.500. The number of rotatable bonds is 4. The van der Waals surface area contributed by atoms with E-state index >= 15 is 0 Å². The highest BCUT2D eigenvalue weighted by molar-refractivity contribution is 5.14. The quantitative estimate of drug-likeness (QED) is 0.709. The van der Waals surface area contributed by atoms with E-state index in [4.69, 9.17) is 0 Å². The van der Waals surface area contributed by atoms with Crippen molar-refractivity contribution < 1.29 is 0 Å². The first-order chi connectivity index (χ1) is 8.28. The third-order valence-electron chi connectivity index (χ3n) is 4.24. The molecule has 1 saturated heterocycles. The fourth-order valence-corrected chi connectivity index (χ4v) is 2.70. The van der Waals surface area contributed by atoms with Crippen LogP contribution in [0.3, 0.4) is 0 Å². The second kappa shape index (κ2) is 5.50. The summed E-state index contributed by atoms with van der Waals surface area (Å²) in [4.78, 5) is 2.56. The molecule has 0 radical (unpaired) electrons. The Bertz CT molecular complexity index is 347. The SMILES string of the molecule is C=CC1(CC)CCN(Cc2ccccc2)CC1. The molecule has 1 heterocycles. The van der Waals surface area contributed by atoms with Crippen LogP contribution >= 0.6 is 0 Å². The lowest BCUT2D eigenvalue weighted by molar-refractivity contribution is 0.131. The minimum absolute atomic E-state index is 0.410. The molecule has 0 N–H and O–H groups in total. The van der Waals surface area contributed by atoms with Crippen molar-refractivity contribution >= 4 is 0 Å². The van der Waals surface area contributed by atoms with Crippen molar-refractivity contribution in [2.75, 3.05) is 13.1 Å². The zero-order valence-electron chi connectivity index (χ0n) is 10.9. The second-order valence-electron chi connectivity index (χ2n) is 5.18. The van der Waals surface area contributed by atoms with E-state index in [9.17, 15) is 0 Å². The Labute approximate surface area is 105 Å². The molecular formula is C16H23N. The van der Waals surface area contributed by atoms with Gasteiger partial charge in [0.25, 0.3) is 0 Å². The van der Waals surface area contributed by atoms with Crippen molar-refractivity contribution in [1.82, 2.24) is 4.90 Å². The third-order valence-corrected chi connectivity index (χ3v) is 4.24. The van der Waals surface area contributed by atoms with Crippen LogP contribution in [0.5, 0.6) is 0 Å². The molecule has 1 aliphatic heterocycles. The van der Waals surface area contributed by atoms with Crippen molar-refractivity contribution in [1.29, 1.82) is 0 Å². The Hall–Kier alpha value is -1.08. The van der Waals surface area contributed by atoms with Gasteiger partial charge in [-0.25, -0.2) is 0 Å². The Morgan fingerprint density at radius 1 is 1.24 bits per heavy atom. The Balaban J connectivity index is 1.89. The lowest BCUT2D eigenvalue weighted by atomic mass is 9.76. The molecule has 1 aromatic carbocycles. The molecule has 2 rings (SSSR count). The van der Waals surface area contributed by atoms with Gasteiger partial charge in [-0.05, 0) is 43.3 Å². The van der Waals surface area contributed by atoms with E-state index in [1.807, 2.05) is 0 Å². The van der Waals surface area contributed by atoms with Gasteiger partial charge in [-0.2, -0.15) is 0 Å². The van der Waals surface area contributed by atoms with Crippen LogP contribution in [0.25, 0.3) is 0 Å². The first-order valence-electron chi connectivity index (χ1n) is 6.68. The number of likely N-dealkylation sites (tertiary alicyclic amines) is 1. The summed E-state index contributed by atoms with van der Waals surface area (Å²) in [5, 5.41) is 0. The molecule has 1 nitrogen and oxygen atoms in total. The molecule has 0 aromatic heterocycles. The van der Waals surface area contributed by atoms with E-state index in [-0.39, 0.29) is 0 Å². The summed E-state index contributed by atoms with van der Waals surface area (Å²) in [6.07, 6.45) is 5.95. The van der Waals surface area contributed by atoms with Crippen LogP contribution in [-0.4, -0.2) is 18.0 Å². The van der Waals surface area contributed by atoms with Crippen LogP contribution in [0, 0.1) is 5.41 Å². The summed E-state index contributed by atoms with van der Waals surface area (Å²) in [6, 6.07) is 10.8. The van der Waals surface area contributed by atoms with Gasteiger partial charge in [-0.1, -0.05) is 43.3 Å². The Morgan fingerprint density at radius 3 is 2.41 bits per heavy atom. The topological polar surface area (TPSA) is 3.24 Å². The van der Waals surface area contributed by atoms with Gasteiger partial charge in [0.2, 0.25) is 0 Å². The van der Waals surface area contributed by atoms with Gasteiger partial charge in [0.1, 0.15) is 0 Å². The standard InChI is InChI=1S/C16H23N/c1-3-16(4-2)10-12-17(13-11-16)14-15-8-6-5-7-9-15/h3,5-9H,1,4,10-14H2,2H3. The average Bonchev–Trinajstić information content (AvgIpc) is 2.41. The van der Waals surface area contributed by atoms with E-state index in [0.717, 1.165) is 6.54 Å². The van der Waals surface area contributed by atoms with Gasteiger partial charge >= 0.3 is 0 Å². The first-order valence-corrected chi connectivity index (χ1v) is 6.68. The molecule has 1 heteroatoms. The van der Waals surface area contributed by atoms with Crippen LogP contribution in [0.2, 0.25) is 0 Å². The van der Waals surface area contributed by atoms with Crippen LogP contribution in [-0.2, 0) is 6.54 Å². The van der Waals surface area contributed by atoms with Crippen LogP contribution < -0.4 is 0 Å². The maximum Gasteiger partial charge on any atom is 0.0233 e. The van der Waals surface area contributed by atoms with Crippen molar-refractivity contribution in [3.63, 3.8) is 0 Å². The number of benzene rings is 1. The molecule has 0 amide bonds. The summed E-state index contributed by atoms with van der Waals surface area (Å²) in [5.41, 5.74) is 1.84. The van der Waals surface area contributed by atoms with E-state index in [0.29, 0.717) is 5.41 Å². The van der Waals surface area contributed by atoms with E-state index in [1.54, 1.807) is 0 Å². The summed E-state index contributed by atoms with van der Waals surface area (Å²) in [6.45, 7) is 9.81. The van der Waals surface area contributed by atoms with Crippen LogP contribution in [0.15, 0.2) is 43.0 Å². The first kappa shape index (κ1) is 12.4. The maximum absolute atomic E-state index is 4.02. The summed E-state index contributed by atoms with van der Waals surface area (Å²) in [5.74, 6) is 0. The molecule has 17 heavy (non-hydrogen) atoms. The Kier molecular flexibility index (Phi) is 4.01. The number of piperidine rings is 1. The van der Waals surface area contributed by atoms with Crippen LogP contribution in [0.1, 0.15) is 31.7 Å². The summed E-state index contributed by atoms with van der Waals surface area (Å²) >= 11 is 0. The van der Waals surface area contributed by atoms with Gasteiger partial charge in [-0.3, -0.25) is 4.90 Å². The smallest absolute Gasteiger partial charge is 0.0233 e. The molecular weight excluding hydrogens is 206 g/mol. The fourth-order valence-electron chi connectivity index (χ4n) is 2.70. The molecule has 0 atom stereocenters. The summed E-state index contributed by atoms with van der Waals surface area (Å²) in [7, 11) is 0. The lowest BCUT2D eigenvalue weighted by Crippen LogP contribution is -2.38. The number of allylic oxidation sites excluding steroid dienone is 1. The molecule has 0 saturated carbocycles. The highest BCUT2D eigenvalue weighted by Crippen LogP contribution is 2.36. The highest BCUT2D eigenvalue weighted by atomic mass is 15.1. The van der Waals surface area contributed by atoms with Crippen molar-refractivity contribution in [2.45, 2.75) is 32.7 Å². The minimum Gasteiger partial charge on any atom is -0.299 e. The second-order valence-corrected chi connectivity index (χ2v) is 5.18. The zero-order chi connectivity index (χ0) is 12.1. The van der Waals surface area contributed by atoms with Gasteiger partial charge in [-0.15, -0.1) is 6.58 Å². The monoisotopic (exact) mass is 229 g/mol. The molecule has 1 fully saturated rings. The lowest BCUT2D eigenvalue weighted by Gasteiger charge is -2.39. The largest absolute Gasteiger partial charge is 0.299 e. The molecule has 0 aliphatic carbocycles. The third kappa shape index (κ3) is 2.98. The summed E-state index contributed by atoms with van der Waals surface area (Å²) < 4.78 is 0. The molecule has 0 spiro atoms. The highest BCUT2D eigenvalue weighted by Gasteiger charge is 2.29. The maximum atomic E-state index is 4.02. The van der Waals surface area contributed by atoms with Crippen molar-refractivity contribution in [3.8, 4) is 0 Å². The van der Waals surface area contributed by atoms with Crippen molar-refractivity contribution in [2.24, 2.45) is 5.41 Å². The minimum atomic E-state index is 0.410. The Morgan fingerprint density at radius 2 is 1.88 bits per heavy atom. The zero-order valence-corrected chi connectivity index (χ0v) is 10.9. The molecule has 0 bridgehead atoms. The molecule has 1 aromatic rings. The van der Waals surface area contributed by atoms with E-state index in [2.05, 4.69) is 54.8 Å². The van der Waals surface area contributed by atoms with E-state index in [1.165, 1.54) is 37.9 Å². The molecule has 0 unspecified atom stereocenters. The normalized spacial score (nSPS) is 20.1. The van der Waals surface area contributed by atoms with E-state index < -0.39 is 0 Å². The van der Waals surface area contributed by atoms with Gasteiger partial charge in [0.15, 0.2) is 0 Å².